The van der Waals surface area contributed by atoms with Crippen molar-refractivity contribution in [2.45, 2.75) is 24.8 Å². The van der Waals surface area contributed by atoms with Crippen molar-refractivity contribution in [3.8, 4) is 0 Å². The maximum absolute atomic E-state index is 10.7. The van der Waals surface area contributed by atoms with Gasteiger partial charge in [0.2, 0.25) is 0 Å². The highest BCUT2D eigenvalue weighted by Gasteiger charge is 2.58. The normalized spacial score (nSPS) is 12.5. The van der Waals surface area contributed by atoms with Crippen molar-refractivity contribution in [1.29, 1.82) is 0 Å². The Kier molecular flexibility index (Phi) is 7.88. The molecule has 0 saturated carbocycles. The van der Waals surface area contributed by atoms with Gasteiger partial charge in [-0.05, 0) is 32.0 Å². The van der Waals surface area contributed by atoms with Crippen molar-refractivity contribution in [3.05, 3.63) is 30.1 Å². The molecule has 0 fully saturated rings. The fourth-order valence-corrected chi connectivity index (χ4v) is 3.50. The van der Waals surface area contributed by atoms with Crippen LogP contribution < -0.4 is 5.73 Å². The highest BCUT2D eigenvalue weighted by Crippen LogP contribution is 2.69. The third-order valence-corrected chi connectivity index (χ3v) is 6.34. The lowest BCUT2D eigenvalue weighted by Crippen LogP contribution is -2.29. The standard InChI is InChI=1S/C6H7N.C4H13NO7P2/c1-6-4-2-3-5-7-6;5-3-1-2-4(6,13(7,8)9)14(10,11)12/h2-5H,1H3;6H,1-3,5H2,(H2,7,8,9)(H2,10,11,12). The minimum absolute atomic E-state index is 0.0394. The Morgan fingerprint density at radius 3 is 1.95 bits per heavy atom. The molecule has 0 atom stereocenters. The second-order valence-electron chi connectivity index (χ2n) is 4.23. The summed E-state index contributed by atoms with van der Waals surface area (Å²) in [5.74, 6) is 0. The Labute approximate surface area is 122 Å². The molecule has 0 unspecified atom stereocenters. The van der Waals surface area contributed by atoms with Crippen molar-refractivity contribution >= 4 is 15.2 Å². The lowest BCUT2D eigenvalue weighted by Gasteiger charge is -2.28. The van der Waals surface area contributed by atoms with E-state index in [9.17, 15) is 14.2 Å². The van der Waals surface area contributed by atoms with Crippen LogP contribution in [0.15, 0.2) is 24.4 Å². The fourth-order valence-electron chi connectivity index (χ4n) is 1.25. The van der Waals surface area contributed by atoms with E-state index in [-0.39, 0.29) is 13.0 Å². The largest absolute Gasteiger partial charge is 0.369 e. The third-order valence-electron chi connectivity index (χ3n) is 2.46. The van der Waals surface area contributed by atoms with Gasteiger partial charge in [0.05, 0.1) is 0 Å². The van der Waals surface area contributed by atoms with Crippen LogP contribution in [0.4, 0.5) is 0 Å². The molecule has 122 valence electrons. The molecule has 7 N–H and O–H groups in total. The van der Waals surface area contributed by atoms with E-state index in [1.54, 1.807) is 6.20 Å². The molecule has 1 aromatic heterocycles. The van der Waals surface area contributed by atoms with E-state index in [0.717, 1.165) is 5.69 Å². The first-order chi connectivity index (χ1) is 9.45. The first-order valence-electron chi connectivity index (χ1n) is 5.87. The van der Waals surface area contributed by atoms with Gasteiger partial charge in [-0.2, -0.15) is 0 Å². The first kappa shape index (κ1) is 20.4. The van der Waals surface area contributed by atoms with Crippen molar-refractivity contribution in [1.82, 2.24) is 4.98 Å². The topological polar surface area (TPSA) is 174 Å². The van der Waals surface area contributed by atoms with Crippen LogP contribution in [0.1, 0.15) is 18.5 Å². The molecule has 0 aliphatic rings. The van der Waals surface area contributed by atoms with Crippen LogP contribution in [-0.2, 0) is 9.13 Å². The van der Waals surface area contributed by atoms with Crippen LogP contribution in [0.2, 0.25) is 0 Å². The molecule has 0 radical (unpaired) electrons. The zero-order chi connectivity index (χ0) is 16.7. The third kappa shape index (κ3) is 6.34. The van der Waals surface area contributed by atoms with Crippen molar-refractivity contribution in [3.63, 3.8) is 0 Å². The zero-order valence-corrected chi connectivity index (χ0v) is 13.2. The number of hydrogen-bond donors (Lipinski definition) is 6. The van der Waals surface area contributed by atoms with Crippen LogP contribution in [0.3, 0.4) is 0 Å². The number of aryl methyl sites for hydroxylation is 1. The minimum atomic E-state index is -5.30. The quantitative estimate of drug-likeness (QED) is 0.406. The van der Waals surface area contributed by atoms with E-state index in [0.29, 0.717) is 0 Å². The average molecular weight is 342 g/mol. The number of aliphatic hydroxyl groups is 1. The molecule has 1 aromatic rings. The molecule has 0 amide bonds. The summed E-state index contributed by atoms with van der Waals surface area (Å²) in [5.41, 5.74) is 6.08. The molecule has 0 aliphatic carbocycles. The lowest BCUT2D eigenvalue weighted by molar-refractivity contribution is 0.121. The van der Waals surface area contributed by atoms with E-state index >= 15 is 0 Å². The molecule has 0 bridgehead atoms. The molecule has 0 aliphatic heterocycles. The molecular weight excluding hydrogens is 322 g/mol. The zero-order valence-electron chi connectivity index (χ0n) is 11.4. The number of nitrogens with zero attached hydrogens (tertiary/aromatic N) is 1. The van der Waals surface area contributed by atoms with E-state index in [2.05, 4.69) is 4.98 Å². The van der Waals surface area contributed by atoms with Crippen molar-refractivity contribution < 1.29 is 33.8 Å². The summed E-state index contributed by atoms with van der Waals surface area (Å²) in [5, 5.41) is 5.91. The van der Waals surface area contributed by atoms with Gasteiger partial charge in [0, 0.05) is 18.3 Å². The summed E-state index contributed by atoms with van der Waals surface area (Å²) in [6, 6.07) is 5.86. The molecular formula is C10H20N2O7P2. The smallest absolute Gasteiger partial charge is 0.368 e. The number of hydrogen-bond acceptors (Lipinski definition) is 5. The first-order valence-corrected chi connectivity index (χ1v) is 9.09. The number of pyridine rings is 1. The van der Waals surface area contributed by atoms with Gasteiger partial charge in [0.1, 0.15) is 0 Å². The molecule has 1 rings (SSSR count). The summed E-state index contributed by atoms with van der Waals surface area (Å²) < 4.78 is 21.4. The van der Waals surface area contributed by atoms with E-state index in [1.165, 1.54) is 0 Å². The lowest BCUT2D eigenvalue weighted by atomic mass is 10.3. The number of rotatable bonds is 5. The van der Waals surface area contributed by atoms with Gasteiger partial charge in [0.25, 0.3) is 5.08 Å². The maximum Gasteiger partial charge on any atom is 0.369 e. The van der Waals surface area contributed by atoms with E-state index in [4.69, 9.17) is 25.3 Å². The van der Waals surface area contributed by atoms with Crippen molar-refractivity contribution in [2.24, 2.45) is 5.73 Å². The van der Waals surface area contributed by atoms with Crippen LogP contribution in [-0.4, -0.2) is 41.3 Å². The second-order valence-corrected chi connectivity index (χ2v) is 8.23. The SMILES string of the molecule is Cc1ccccn1.NCCCC(O)(P(=O)(O)O)P(=O)(O)O. The maximum atomic E-state index is 10.7. The molecule has 0 spiro atoms. The summed E-state index contributed by atoms with van der Waals surface area (Å²) in [6.45, 7) is 1.93. The second kappa shape index (κ2) is 8.12. The molecule has 21 heavy (non-hydrogen) atoms. The van der Waals surface area contributed by atoms with Gasteiger partial charge in [-0.3, -0.25) is 14.1 Å². The van der Waals surface area contributed by atoms with Gasteiger partial charge in [-0.15, -0.1) is 0 Å². The van der Waals surface area contributed by atoms with Crippen LogP contribution >= 0.6 is 15.2 Å². The molecule has 0 saturated heterocycles. The summed E-state index contributed by atoms with van der Waals surface area (Å²) in [7, 11) is -10.6. The summed E-state index contributed by atoms with van der Waals surface area (Å²) in [6.07, 6.45) is 0.931. The van der Waals surface area contributed by atoms with Crippen LogP contribution in [0, 0.1) is 6.92 Å². The van der Waals surface area contributed by atoms with Gasteiger partial charge < -0.3 is 30.4 Å². The van der Waals surface area contributed by atoms with E-state index in [1.807, 2.05) is 25.1 Å². The van der Waals surface area contributed by atoms with Gasteiger partial charge in [-0.25, -0.2) is 0 Å². The predicted octanol–water partition coefficient (Wildman–Crippen LogP) is 0.117. The Morgan fingerprint density at radius 1 is 1.19 bits per heavy atom. The van der Waals surface area contributed by atoms with Crippen LogP contribution in [0.25, 0.3) is 0 Å². The Morgan fingerprint density at radius 2 is 1.71 bits per heavy atom. The Hall–Kier alpha value is -0.630. The summed E-state index contributed by atoms with van der Waals surface area (Å²) in [4.78, 5) is 38.5. The molecule has 1 heterocycles. The predicted molar refractivity (Wildman–Crippen MR) is 76.3 cm³/mol. The van der Waals surface area contributed by atoms with Gasteiger partial charge in [-0.1, -0.05) is 6.07 Å². The molecule has 0 aromatic carbocycles. The van der Waals surface area contributed by atoms with Crippen molar-refractivity contribution in [2.75, 3.05) is 6.54 Å². The average Bonchev–Trinajstić information content (AvgIpc) is 2.35. The van der Waals surface area contributed by atoms with E-state index < -0.39 is 26.7 Å². The monoisotopic (exact) mass is 342 g/mol. The summed E-state index contributed by atoms with van der Waals surface area (Å²) >= 11 is 0. The number of nitrogens with two attached hydrogens (primary N) is 1. The fraction of sp³-hybridized carbons (Fsp3) is 0.500. The van der Waals surface area contributed by atoms with Crippen LogP contribution in [0.5, 0.6) is 0 Å². The van der Waals surface area contributed by atoms with Gasteiger partial charge >= 0.3 is 15.2 Å². The Bertz CT molecular complexity index is 491. The highest BCUT2D eigenvalue weighted by molar-refractivity contribution is 7.72. The van der Waals surface area contributed by atoms with Gasteiger partial charge in [0.15, 0.2) is 0 Å². The molecule has 11 heteroatoms. The Balaban J connectivity index is 0.000000471. The molecule has 9 nitrogen and oxygen atoms in total. The minimum Gasteiger partial charge on any atom is -0.368 e. The number of aromatic nitrogens is 1. The highest BCUT2D eigenvalue weighted by atomic mass is 31.2.